The van der Waals surface area contributed by atoms with E-state index in [0.29, 0.717) is 13.0 Å². The minimum Gasteiger partial charge on any atom is -0.335 e. The first kappa shape index (κ1) is 12.3. The van der Waals surface area contributed by atoms with Crippen LogP contribution in [0.25, 0.3) is 0 Å². The molecule has 0 amide bonds. The van der Waals surface area contributed by atoms with Crippen molar-refractivity contribution >= 4 is 12.4 Å². The van der Waals surface area contributed by atoms with Crippen LogP contribution in [0.15, 0.2) is 30.3 Å². The van der Waals surface area contributed by atoms with Gasteiger partial charge >= 0.3 is 6.98 Å². The van der Waals surface area contributed by atoms with E-state index in [2.05, 4.69) is 68.3 Å². The second-order valence-electron chi connectivity index (χ2n) is 4.25. The topological polar surface area (TPSA) is 15.3 Å². The Morgan fingerprint density at radius 1 is 1.27 bits per heavy atom. The van der Waals surface area contributed by atoms with E-state index in [0.717, 1.165) is 6.42 Å². The Hall–Kier alpha value is -0.795. The Morgan fingerprint density at radius 2 is 1.87 bits per heavy atom. The molecule has 0 saturated heterocycles. The fourth-order valence-corrected chi connectivity index (χ4v) is 1.57. The average Bonchev–Trinajstić information content (AvgIpc) is 2.26. The second-order valence-corrected chi connectivity index (χ2v) is 4.25. The van der Waals surface area contributed by atoms with Crippen molar-refractivity contribution in [2.24, 2.45) is 0 Å². The van der Waals surface area contributed by atoms with Crippen LogP contribution in [0.4, 0.5) is 0 Å². The predicted molar refractivity (Wildman–Crippen MR) is 68.4 cm³/mol. The minimum absolute atomic E-state index is 0.307. The number of hydrogen-bond acceptors (Lipinski definition) is 2. The molecule has 1 aromatic rings. The van der Waals surface area contributed by atoms with Gasteiger partial charge in [-0.15, -0.1) is 0 Å². The molecule has 1 atom stereocenters. The smallest absolute Gasteiger partial charge is 0.335 e. The lowest BCUT2D eigenvalue weighted by Crippen LogP contribution is -2.57. The largest absolute Gasteiger partial charge is 0.343 e. The lowest BCUT2D eigenvalue weighted by atomic mass is 9.66. The molecular weight excluding hydrogens is 183 g/mol. The van der Waals surface area contributed by atoms with Crippen molar-refractivity contribution in [3.8, 4) is 0 Å². The van der Waals surface area contributed by atoms with Gasteiger partial charge in [-0.05, 0) is 32.0 Å². The van der Waals surface area contributed by atoms with Crippen LogP contribution in [-0.4, -0.2) is 31.9 Å². The van der Waals surface area contributed by atoms with Gasteiger partial charge in [-0.3, -0.25) is 0 Å². The predicted octanol–water partition coefficient (Wildman–Crippen LogP) is 1.33. The van der Waals surface area contributed by atoms with E-state index in [1.54, 1.807) is 0 Å². The third-order valence-electron chi connectivity index (χ3n) is 2.69. The van der Waals surface area contributed by atoms with E-state index < -0.39 is 0 Å². The first-order valence-electron chi connectivity index (χ1n) is 5.62. The Balaban J connectivity index is 2.75. The molecule has 0 heterocycles. The highest BCUT2D eigenvalue weighted by Gasteiger charge is 2.21. The minimum atomic E-state index is 0.307. The molecule has 0 spiro atoms. The summed E-state index contributed by atoms with van der Waals surface area (Å²) in [6.45, 7) is 4.73. The molecule has 0 aliphatic carbocycles. The summed E-state index contributed by atoms with van der Waals surface area (Å²) in [4.78, 5) is 2.21. The monoisotopic (exact) mass is 204 g/mol. The van der Waals surface area contributed by atoms with Crippen LogP contribution in [0.3, 0.4) is 0 Å². The zero-order chi connectivity index (χ0) is 11.3. The summed E-state index contributed by atoms with van der Waals surface area (Å²) < 4.78 is 0. The van der Waals surface area contributed by atoms with Crippen LogP contribution in [0.2, 0.25) is 0 Å². The van der Waals surface area contributed by atoms with Gasteiger partial charge in [0.05, 0.1) is 0 Å². The molecule has 1 unspecified atom stereocenters. The van der Waals surface area contributed by atoms with E-state index in [4.69, 9.17) is 0 Å². The van der Waals surface area contributed by atoms with Crippen molar-refractivity contribution in [3.05, 3.63) is 30.3 Å². The molecule has 82 valence electrons. The van der Waals surface area contributed by atoms with Crippen molar-refractivity contribution < 1.29 is 0 Å². The SMILES string of the molecule is CCC(C)NB(c1ccccc1)N(C)C. The molecule has 2 nitrogen and oxygen atoms in total. The maximum absolute atomic E-state index is 3.61. The first-order chi connectivity index (χ1) is 7.15. The van der Waals surface area contributed by atoms with E-state index >= 15 is 0 Å². The molecule has 0 saturated carbocycles. The zero-order valence-corrected chi connectivity index (χ0v) is 10.2. The molecular formula is C12H21BN2. The Kier molecular flexibility index (Phi) is 4.86. The summed E-state index contributed by atoms with van der Waals surface area (Å²) in [6, 6.07) is 11.1. The Labute approximate surface area is 93.8 Å². The summed E-state index contributed by atoms with van der Waals surface area (Å²) >= 11 is 0. The number of benzene rings is 1. The fraction of sp³-hybridized carbons (Fsp3) is 0.500. The summed E-state index contributed by atoms with van der Waals surface area (Å²) in [5, 5.41) is 3.61. The third-order valence-corrected chi connectivity index (χ3v) is 2.69. The molecule has 3 heteroatoms. The zero-order valence-electron chi connectivity index (χ0n) is 10.2. The lowest BCUT2D eigenvalue weighted by Gasteiger charge is -2.25. The van der Waals surface area contributed by atoms with E-state index in [9.17, 15) is 0 Å². The van der Waals surface area contributed by atoms with Crippen LogP contribution in [-0.2, 0) is 0 Å². The van der Waals surface area contributed by atoms with Gasteiger partial charge in [-0.2, -0.15) is 0 Å². The van der Waals surface area contributed by atoms with Crippen molar-refractivity contribution in [1.82, 2.24) is 10.0 Å². The Morgan fingerprint density at radius 3 is 2.33 bits per heavy atom. The average molecular weight is 204 g/mol. The van der Waals surface area contributed by atoms with Gasteiger partial charge in [-0.1, -0.05) is 44.2 Å². The molecule has 0 bridgehead atoms. The van der Waals surface area contributed by atoms with Crippen LogP contribution in [0.1, 0.15) is 20.3 Å². The van der Waals surface area contributed by atoms with Crippen molar-refractivity contribution in [2.75, 3.05) is 14.1 Å². The van der Waals surface area contributed by atoms with Crippen LogP contribution >= 0.6 is 0 Å². The molecule has 0 fully saturated rings. The third kappa shape index (κ3) is 3.69. The molecule has 0 aliphatic heterocycles. The highest BCUT2D eigenvalue weighted by atomic mass is 15.1. The molecule has 1 N–H and O–H groups in total. The number of rotatable bonds is 5. The van der Waals surface area contributed by atoms with Crippen molar-refractivity contribution in [3.63, 3.8) is 0 Å². The van der Waals surface area contributed by atoms with Gasteiger partial charge in [0, 0.05) is 0 Å². The molecule has 1 rings (SSSR count). The lowest BCUT2D eigenvalue weighted by molar-refractivity contribution is 0.577. The number of hydrogen-bond donors (Lipinski definition) is 1. The van der Waals surface area contributed by atoms with Gasteiger partial charge in [0.2, 0.25) is 0 Å². The van der Waals surface area contributed by atoms with E-state index in [-0.39, 0.29) is 0 Å². The van der Waals surface area contributed by atoms with Crippen molar-refractivity contribution in [1.29, 1.82) is 0 Å². The van der Waals surface area contributed by atoms with Crippen LogP contribution in [0, 0.1) is 0 Å². The highest BCUT2D eigenvalue weighted by Crippen LogP contribution is 1.94. The number of nitrogens with zero attached hydrogens (tertiary/aromatic N) is 1. The normalized spacial score (nSPS) is 12.9. The van der Waals surface area contributed by atoms with Crippen molar-refractivity contribution in [2.45, 2.75) is 26.3 Å². The van der Waals surface area contributed by atoms with Gasteiger partial charge < -0.3 is 10.0 Å². The molecule has 0 aliphatic rings. The van der Waals surface area contributed by atoms with Gasteiger partial charge in [0.15, 0.2) is 0 Å². The standard InChI is InChI=1S/C12H21BN2/c1-5-11(2)14-13(15(3)4)12-9-7-6-8-10-12/h6-11,14H,5H2,1-4H3. The highest BCUT2D eigenvalue weighted by molar-refractivity contribution is 6.68. The van der Waals surface area contributed by atoms with E-state index in [1.807, 2.05) is 0 Å². The second kappa shape index (κ2) is 5.94. The quantitative estimate of drug-likeness (QED) is 0.728. The molecule has 1 aromatic carbocycles. The molecule has 15 heavy (non-hydrogen) atoms. The number of nitrogens with one attached hydrogen (secondary N) is 1. The molecule has 0 radical (unpaired) electrons. The first-order valence-corrected chi connectivity index (χ1v) is 5.62. The van der Waals surface area contributed by atoms with Crippen LogP contribution in [0.5, 0.6) is 0 Å². The van der Waals surface area contributed by atoms with Gasteiger partial charge in [0.25, 0.3) is 0 Å². The van der Waals surface area contributed by atoms with E-state index in [1.165, 1.54) is 5.46 Å². The fourth-order valence-electron chi connectivity index (χ4n) is 1.57. The summed E-state index contributed by atoms with van der Waals surface area (Å²) in [5.74, 6) is 0. The van der Waals surface area contributed by atoms with Gasteiger partial charge in [0.1, 0.15) is 0 Å². The molecule has 0 aromatic heterocycles. The van der Waals surface area contributed by atoms with Gasteiger partial charge in [-0.25, -0.2) is 0 Å². The Bertz CT molecular complexity index is 274. The summed E-state index contributed by atoms with van der Waals surface area (Å²) in [7, 11) is 4.21. The summed E-state index contributed by atoms with van der Waals surface area (Å²) in [5.41, 5.74) is 1.32. The maximum atomic E-state index is 3.61. The van der Waals surface area contributed by atoms with Crippen LogP contribution < -0.4 is 10.7 Å². The maximum Gasteiger partial charge on any atom is 0.343 e. The summed E-state index contributed by atoms with van der Waals surface area (Å²) in [6.07, 6.45) is 1.15.